The minimum absolute atomic E-state index is 0.203. The number of thiocarbonyl (C=S) groups is 1. The quantitative estimate of drug-likeness (QED) is 0.476. The molecule has 0 saturated heterocycles. The van der Waals surface area contributed by atoms with E-state index in [0.717, 1.165) is 0 Å². The van der Waals surface area contributed by atoms with Crippen molar-refractivity contribution in [2.24, 2.45) is 0 Å². The lowest BCUT2D eigenvalue weighted by atomic mass is 10.1. The summed E-state index contributed by atoms with van der Waals surface area (Å²) in [6.45, 7) is 3.88. The Morgan fingerprint density at radius 2 is 1.53 bits per heavy atom. The van der Waals surface area contributed by atoms with Crippen molar-refractivity contribution < 1.29 is 28.5 Å². The minimum Gasteiger partial charge on any atom is -0.493 e. The molecule has 0 aliphatic carbocycles. The molecule has 0 spiro atoms. The van der Waals surface area contributed by atoms with E-state index in [9.17, 15) is 9.59 Å². The van der Waals surface area contributed by atoms with Crippen molar-refractivity contribution in [2.45, 2.75) is 13.8 Å². The Morgan fingerprint density at radius 3 is 2.17 bits per heavy atom. The van der Waals surface area contributed by atoms with Crippen LogP contribution in [-0.4, -0.2) is 44.5 Å². The number of rotatable bonds is 8. The maximum Gasteiger partial charge on any atom is 0.340 e. The van der Waals surface area contributed by atoms with Crippen molar-refractivity contribution in [1.29, 1.82) is 0 Å². The Kier molecular flexibility index (Phi) is 8.42. The topological polar surface area (TPSA) is 95.1 Å². The first-order valence-electron chi connectivity index (χ1n) is 9.21. The van der Waals surface area contributed by atoms with Gasteiger partial charge < -0.3 is 29.6 Å². The number of esters is 2. The molecule has 160 valence electrons. The highest BCUT2D eigenvalue weighted by Crippen LogP contribution is 2.30. The van der Waals surface area contributed by atoms with Crippen molar-refractivity contribution in [3.05, 3.63) is 47.5 Å². The fourth-order valence-electron chi connectivity index (χ4n) is 2.57. The Balaban J connectivity index is 2.27. The SMILES string of the molecule is CCOC(=O)c1ccc(C(=O)OCC)c(NC(=S)Nc2ccc(OC)c(OC)c2)c1. The molecule has 2 rings (SSSR count). The number of benzene rings is 2. The maximum atomic E-state index is 12.3. The number of ether oxygens (including phenoxy) is 4. The predicted octanol–water partition coefficient (Wildman–Crippen LogP) is 3.87. The lowest BCUT2D eigenvalue weighted by molar-refractivity contribution is 0.0512. The van der Waals surface area contributed by atoms with Gasteiger partial charge in [-0.15, -0.1) is 0 Å². The molecule has 0 radical (unpaired) electrons. The second-order valence-corrected chi connectivity index (χ2v) is 6.26. The second kappa shape index (κ2) is 11.0. The van der Waals surface area contributed by atoms with E-state index in [1.807, 2.05) is 0 Å². The van der Waals surface area contributed by atoms with Gasteiger partial charge in [0.25, 0.3) is 0 Å². The van der Waals surface area contributed by atoms with Crippen LogP contribution in [0.2, 0.25) is 0 Å². The van der Waals surface area contributed by atoms with Crippen LogP contribution in [0.4, 0.5) is 11.4 Å². The molecule has 0 atom stereocenters. The van der Waals surface area contributed by atoms with Gasteiger partial charge in [-0.2, -0.15) is 0 Å². The molecule has 2 aromatic rings. The fraction of sp³-hybridized carbons (Fsp3) is 0.286. The first-order chi connectivity index (χ1) is 14.4. The molecule has 30 heavy (non-hydrogen) atoms. The van der Waals surface area contributed by atoms with Gasteiger partial charge in [-0.05, 0) is 56.4 Å². The Bertz CT molecular complexity index is 932. The Labute approximate surface area is 180 Å². The zero-order chi connectivity index (χ0) is 22.1. The maximum absolute atomic E-state index is 12.3. The lowest BCUT2D eigenvalue weighted by Crippen LogP contribution is -2.21. The van der Waals surface area contributed by atoms with Gasteiger partial charge in [0.1, 0.15) is 0 Å². The molecule has 8 nitrogen and oxygen atoms in total. The van der Waals surface area contributed by atoms with Crippen LogP contribution in [0.5, 0.6) is 11.5 Å². The van der Waals surface area contributed by atoms with Crippen LogP contribution in [0.1, 0.15) is 34.6 Å². The first kappa shape index (κ1) is 23.0. The third-order valence-electron chi connectivity index (χ3n) is 3.92. The minimum atomic E-state index is -0.538. The third-order valence-corrected chi connectivity index (χ3v) is 4.12. The van der Waals surface area contributed by atoms with Crippen molar-refractivity contribution in [1.82, 2.24) is 0 Å². The van der Waals surface area contributed by atoms with Gasteiger partial charge in [0, 0.05) is 11.8 Å². The molecule has 0 aliphatic heterocycles. The molecule has 0 aliphatic rings. The zero-order valence-corrected chi connectivity index (χ0v) is 18.1. The molecule has 9 heteroatoms. The third kappa shape index (κ3) is 5.84. The monoisotopic (exact) mass is 432 g/mol. The second-order valence-electron chi connectivity index (χ2n) is 5.85. The van der Waals surface area contributed by atoms with Crippen LogP contribution >= 0.6 is 12.2 Å². The van der Waals surface area contributed by atoms with Crippen LogP contribution < -0.4 is 20.1 Å². The summed E-state index contributed by atoms with van der Waals surface area (Å²) in [6.07, 6.45) is 0. The van der Waals surface area contributed by atoms with Crippen LogP contribution in [-0.2, 0) is 9.47 Å². The molecule has 0 bridgehead atoms. The molecular formula is C21H24N2O6S. The van der Waals surface area contributed by atoms with Crippen LogP contribution in [0.15, 0.2) is 36.4 Å². The largest absolute Gasteiger partial charge is 0.493 e. The average molecular weight is 432 g/mol. The molecule has 0 amide bonds. The normalized spacial score (nSPS) is 10.0. The van der Waals surface area contributed by atoms with E-state index in [2.05, 4.69) is 10.6 Å². The van der Waals surface area contributed by atoms with Crippen LogP contribution in [0.3, 0.4) is 0 Å². The van der Waals surface area contributed by atoms with Crippen molar-refractivity contribution in [3.63, 3.8) is 0 Å². The summed E-state index contributed by atoms with van der Waals surface area (Å²) in [7, 11) is 3.08. The molecule has 0 aromatic heterocycles. The van der Waals surface area contributed by atoms with Crippen molar-refractivity contribution >= 4 is 40.6 Å². The first-order valence-corrected chi connectivity index (χ1v) is 9.62. The van der Waals surface area contributed by atoms with Crippen LogP contribution in [0.25, 0.3) is 0 Å². The van der Waals surface area contributed by atoms with Gasteiger partial charge in [-0.1, -0.05) is 0 Å². The predicted molar refractivity (Wildman–Crippen MR) is 118 cm³/mol. The lowest BCUT2D eigenvalue weighted by Gasteiger charge is -2.16. The van der Waals surface area contributed by atoms with Gasteiger partial charge >= 0.3 is 11.9 Å². The molecule has 2 aromatic carbocycles. The Morgan fingerprint density at radius 1 is 0.867 bits per heavy atom. The molecule has 0 saturated carbocycles. The number of anilines is 2. The molecule has 0 heterocycles. The summed E-state index contributed by atoms with van der Waals surface area (Å²) in [5, 5.41) is 6.15. The highest BCUT2D eigenvalue weighted by molar-refractivity contribution is 7.80. The van der Waals surface area contributed by atoms with Gasteiger partial charge in [-0.25, -0.2) is 9.59 Å². The van der Waals surface area contributed by atoms with E-state index in [1.165, 1.54) is 25.3 Å². The van der Waals surface area contributed by atoms with Crippen molar-refractivity contribution in [2.75, 3.05) is 38.1 Å². The van der Waals surface area contributed by atoms with Gasteiger partial charge in [0.15, 0.2) is 16.6 Å². The number of carbonyl (C=O) groups is 2. The molecule has 0 fully saturated rings. The summed E-state index contributed by atoms with van der Waals surface area (Å²) in [5.41, 5.74) is 1.48. The summed E-state index contributed by atoms with van der Waals surface area (Å²) in [5.74, 6) is 0.0644. The van der Waals surface area contributed by atoms with Gasteiger partial charge in [0.05, 0.1) is 44.2 Å². The van der Waals surface area contributed by atoms with Gasteiger partial charge in [0.2, 0.25) is 0 Å². The highest BCUT2D eigenvalue weighted by Gasteiger charge is 2.17. The number of hydrogen-bond donors (Lipinski definition) is 2. The molecule has 2 N–H and O–H groups in total. The number of nitrogens with one attached hydrogen (secondary N) is 2. The van der Waals surface area contributed by atoms with E-state index in [-0.39, 0.29) is 29.5 Å². The molecule has 0 unspecified atom stereocenters. The Hall–Kier alpha value is -3.33. The summed E-state index contributed by atoms with van der Waals surface area (Å²) < 4.78 is 20.6. The highest BCUT2D eigenvalue weighted by atomic mass is 32.1. The fourth-order valence-corrected chi connectivity index (χ4v) is 2.80. The number of carbonyl (C=O) groups excluding carboxylic acids is 2. The molecular weight excluding hydrogens is 408 g/mol. The van der Waals surface area contributed by atoms with E-state index >= 15 is 0 Å². The van der Waals surface area contributed by atoms with E-state index in [1.54, 1.807) is 39.2 Å². The smallest absolute Gasteiger partial charge is 0.340 e. The summed E-state index contributed by atoms with van der Waals surface area (Å²) in [4.78, 5) is 24.4. The van der Waals surface area contributed by atoms with E-state index in [4.69, 9.17) is 31.2 Å². The van der Waals surface area contributed by atoms with Crippen molar-refractivity contribution in [3.8, 4) is 11.5 Å². The zero-order valence-electron chi connectivity index (χ0n) is 17.2. The number of methoxy groups -OCH3 is 2. The standard InChI is InChI=1S/C21H24N2O6S/c1-5-28-19(24)13-7-9-15(20(25)29-6-2)16(11-13)23-21(30)22-14-8-10-17(26-3)18(12-14)27-4/h7-12H,5-6H2,1-4H3,(H2,22,23,30). The number of hydrogen-bond acceptors (Lipinski definition) is 7. The van der Waals surface area contributed by atoms with E-state index in [0.29, 0.717) is 22.9 Å². The van der Waals surface area contributed by atoms with E-state index < -0.39 is 11.9 Å². The summed E-state index contributed by atoms with van der Waals surface area (Å²) in [6, 6.07) is 9.69. The average Bonchev–Trinajstić information content (AvgIpc) is 2.73. The van der Waals surface area contributed by atoms with Crippen LogP contribution in [0, 0.1) is 0 Å². The summed E-state index contributed by atoms with van der Waals surface area (Å²) >= 11 is 5.37. The van der Waals surface area contributed by atoms with Gasteiger partial charge in [-0.3, -0.25) is 0 Å².